The van der Waals surface area contributed by atoms with Gasteiger partial charge < -0.3 is 0 Å². The molecule has 0 N–H and O–H groups in total. The smallest absolute Gasteiger partial charge is 0.220 e. The number of aromatic nitrogens is 5. The maximum Gasteiger partial charge on any atom is 0.220 e. The van der Waals surface area contributed by atoms with E-state index in [-0.39, 0.29) is 0 Å². The number of hydrogen-bond donors (Lipinski definition) is 0. The SMILES string of the molecule is c1ccc(-n2c(-c3cc4c5cc6ccccc6cc5n5c4c(c3)n3c4ccccc4nc35)nc3ccccc32)cc1. The van der Waals surface area contributed by atoms with Crippen LogP contribution in [0.25, 0.3) is 83.0 Å². The third kappa shape index (κ3) is 2.70. The number of benzene rings is 6. The summed E-state index contributed by atoms with van der Waals surface area (Å²) in [6.45, 7) is 0. The summed E-state index contributed by atoms with van der Waals surface area (Å²) in [5, 5.41) is 4.89. The van der Waals surface area contributed by atoms with E-state index < -0.39 is 0 Å². The van der Waals surface area contributed by atoms with Crippen molar-refractivity contribution < 1.29 is 0 Å². The van der Waals surface area contributed by atoms with Gasteiger partial charge in [0.05, 0.1) is 38.6 Å². The van der Waals surface area contributed by atoms with Gasteiger partial charge in [0.2, 0.25) is 5.78 Å². The molecule has 0 spiro atoms. The molecule has 0 saturated heterocycles. The van der Waals surface area contributed by atoms with Crippen LogP contribution >= 0.6 is 0 Å². The third-order valence-corrected chi connectivity index (χ3v) is 8.53. The van der Waals surface area contributed by atoms with Gasteiger partial charge in [-0.1, -0.05) is 66.7 Å². The predicted molar refractivity (Wildman–Crippen MR) is 167 cm³/mol. The van der Waals surface area contributed by atoms with Crippen molar-refractivity contribution in [1.82, 2.24) is 23.3 Å². The second-order valence-corrected chi connectivity index (χ2v) is 10.8. The Kier molecular flexibility index (Phi) is 3.87. The lowest BCUT2D eigenvalue weighted by atomic mass is 10.0. The van der Waals surface area contributed by atoms with Gasteiger partial charge in [0.1, 0.15) is 5.82 Å². The molecular formula is C36H21N5. The molecule has 4 heterocycles. The molecule has 0 fully saturated rings. The van der Waals surface area contributed by atoms with Crippen LogP contribution in [0.15, 0.2) is 127 Å². The number of imidazole rings is 3. The second kappa shape index (κ2) is 7.49. The minimum atomic E-state index is 0.926. The zero-order valence-electron chi connectivity index (χ0n) is 21.9. The molecule has 0 bridgehead atoms. The normalized spacial score (nSPS) is 12.4. The van der Waals surface area contributed by atoms with E-state index in [1.54, 1.807) is 0 Å². The summed E-state index contributed by atoms with van der Waals surface area (Å²) in [4.78, 5) is 10.4. The average Bonchev–Trinajstić information content (AvgIpc) is 3.76. The second-order valence-electron chi connectivity index (χ2n) is 10.8. The molecule has 0 saturated carbocycles. The van der Waals surface area contributed by atoms with Crippen molar-refractivity contribution in [3.63, 3.8) is 0 Å². The first-order valence-corrected chi connectivity index (χ1v) is 13.9. The van der Waals surface area contributed by atoms with Crippen LogP contribution < -0.4 is 0 Å². The fourth-order valence-electron chi connectivity index (χ4n) is 6.78. The molecule has 10 aromatic rings. The van der Waals surface area contributed by atoms with Crippen LogP contribution in [0.3, 0.4) is 0 Å². The molecule has 0 amide bonds. The Hall–Kier alpha value is -5.68. The summed E-state index contributed by atoms with van der Waals surface area (Å²) in [6, 6.07) is 45.1. The van der Waals surface area contributed by atoms with Gasteiger partial charge in [0.25, 0.3) is 0 Å². The van der Waals surface area contributed by atoms with Crippen LogP contribution in [-0.4, -0.2) is 23.3 Å². The lowest BCUT2D eigenvalue weighted by Crippen LogP contribution is -1.97. The summed E-state index contributed by atoms with van der Waals surface area (Å²) >= 11 is 0. The number of para-hydroxylation sites is 5. The number of hydrogen-bond acceptors (Lipinski definition) is 2. The molecule has 0 atom stereocenters. The first-order chi connectivity index (χ1) is 20.3. The maximum absolute atomic E-state index is 5.21. The highest BCUT2D eigenvalue weighted by atomic mass is 15.2. The third-order valence-electron chi connectivity index (χ3n) is 8.53. The highest BCUT2D eigenvalue weighted by molar-refractivity contribution is 6.19. The Labute approximate surface area is 233 Å². The van der Waals surface area contributed by atoms with Gasteiger partial charge in [-0.15, -0.1) is 0 Å². The number of rotatable bonds is 2. The quantitative estimate of drug-likeness (QED) is 0.227. The first-order valence-electron chi connectivity index (χ1n) is 13.9. The summed E-state index contributed by atoms with van der Waals surface area (Å²) in [7, 11) is 0. The molecule has 0 aliphatic carbocycles. The molecule has 10 rings (SSSR count). The minimum Gasteiger partial charge on any atom is -0.292 e. The molecule has 5 nitrogen and oxygen atoms in total. The molecule has 4 aromatic heterocycles. The maximum atomic E-state index is 5.21. The van der Waals surface area contributed by atoms with Crippen LogP contribution in [-0.2, 0) is 0 Å². The van der Waals surface area contributed by atoms with Crippen LogP contribution in [0.1, 0.15) is 0 Å². The number of fused-ring (bicyclic) bond motifs is 10. The van der Waals surface area contributed by atoms with Crippen molar-refractivity contribution in [3.8, 4) is 17.1 Å². The predicted octanol–water partition coefficient (Wildman–Crippen LogP) is 8.64. The van der Waals surface area contributed by atoms with E-state index in [1.165, 1.54) is 32.6 Å². The van der Waals surface area contributed by atoms with Crippen molar-refractivity contribution in [2.24, 2.45) is 0 Å². The van der Waals surface area contributed by atoms with Gasteiger partial charge in [-0.3, -0.25) is 13.4 Å². The Morgan fingerprint density at radius 1 is 0.463 bits per heavy atom. The minimum absolute atomic E-state index is 0.926. The van der Waals surface area contributed by atoms with Crippen LogP contribution in [0.4, 0.5) is 0 Å². The summed E-state index contributed by atoms with van der Waals surface area (Å²) in [6.07, 6.45) is 0. The molecule has 0 radical (unpaired) electrons. The highest BCUT2D eigenvalue weighted by Crippen LogP contribution is 2.41. The van der Waals surface area contributed by atoms with Gasteiger partial charge in [0, 0.05) is 22.0 Å². The van der Waals surface area contributed by atoms with Gasteiger partial charge in [-0.2, -0.15) is 0 Å². The monoisotopic (exact) mass is 523 g/mol. The van der Waals surface area contributed by atoms with E-state index in [2.05, 4.69) is 141 Å². The van der Waals surface area contributed by atoms with Crippen molar-refractivity contribution in [3.05, 3.63) is 127 Å². The van der Waals surface area contributed by atoms with Gasteiger partial charge in [-0.05, 0) is 71.4 Å². The molecular weight excluding hydrogens is 502 g/mol. The molecule has 0 aliphatic rings. The van der Waals surface area contributed by atoms with Crippen molar-refractivity contribution in [2.45, 2.75) is 0 Å². The summed E-state index contributed by atoms with van der Waals surface area (Å²) in [5.74, 6) is 1.86. The van der Waals surface area contributed by atoms with E-state index >= 15 is 0 Å². The van der Waals surface area contributed by atoms with Crippen molar-refractivity contribution in [1.29, 1.82) is 0 Å². The largest absolute Gasteiger partial charge is 0.292 e. The van der Waals surface area contributed by atoms with Gasteiger partial charge in [-0.25, -0.2) is 9.97 Å². The van der Waals surface area contributed by atoms with Crippen LogP contribution in [0.5, 0.6) is 0 Å². The first kappa shape index (κ1) is 21.2. The Balaban J connectivity index is 1.43. The lowest BCUT2D eigenvalue weighted by molar-refractivity contribution is 1.10. The van der Waals surface area contributed by atoms with Crippen LogP contribution in [0, 0.1) is 0 Å². The van der Waals surface area contributed by atoms with E-state index in [9.17, 15) is 0 Å². The average molecular weight is 524 g/mol. The summed E-state index contributed by atoms with van der Waals surface area (Å²) in [5.41, 5.74) is 9.82. The molecule has 190 valence electrons. The molecule has 41 heavy (non-hydrogen) atoms. The van der Waals surface area contributed by atoms with Crippen LogP contribution in [0.2, 0.25) is 0 Å². The van der Waals surface area contributed by atoms with E-state index in [0.717, 1.165) is 50.4 Å². The molecule has 0 aliphatic heterocycles. The Morgan fingerprint density at radius 2 is 1.15 bits per heavy atom. The molecule has 5 heteroatoms. The standard InChI is InChI=1S/C36H21N5/c1-2-12-25(13-3-1)39-30-16-8-6-14-28(30)37-35(39)24-19-27-26-18-22-10-4-5-11-23(22)20-32(26)41-34(27)33(21-24)40-31-17-9-7-15-29(31)38-36(40)41/h1-21H. The zero-order chi connectivity index (χ0) is 26.7. The zero-order valence-corrected chi connectivity index (χ0v) is 21.9. The fraction of sp³-hybridized carbons (Fsp3) is 0. The van der Waals surface area contributed by atoms with E-state index in [1.807, 2.05) is 0 Å². The van der Waals surface area contributed by atoms with Gasteiger partial charge in [0.15, 0.2) is 0 Å². The lowest BCUT2D eigenvalue weighted by Gasteiger charge is -2.10. The fourth-order valence-corrected chi connectivity index (χ4v) is 6.78. The molecule has 0 unspecified atom stereocenters. The highest BCUT2D eigenvalue weighted by Gasteiger charge is 2.24. The van der Waals surface area contributed by atoms with E-state index in [4.69, 9.17) is 9.97 Å². The number of nitrogens with zero attached hydrogens (tertiary/aromatic N) is 5. The topological polar surface area (TPSA) is 39.5 Å². The summed E-state index contributed by atoms with van der Waals surface area (Å²) < 4.78 is 6.93. The Morgan fingerprint density at radius 3 is 1.98 bits per heavy atom. The Bertz CT molecular complexity index is 2640. The van der Waals surface area contributed by atoms with Crippen molar-refractivity contribution in [2.75, 3.05) is 0 Å². The van der Waals surface area contributed by atoms with Gasteiger partial charge >= 0.3 is 0 Å². The molecule has 6 aromatic carbocycles. The van der Waals surface area contributed by atoms with Crippen molar-refractivity contribution >= 4 is 65.9 Å². The van der Waals surface area contributed by atoms with E-state index in [0.29, 0.717) is 0 Å².